The number of carbonyl (C=O) groups excluding carboxylic acids is 1. The van der Waals surface area contributed by atoms with Gasteiger partial charge in [0.2, 0.25) is 0 Å². The number of nitrogens with one attached hydrogen (secondary N) is 2. The molecule has 5 rings (SSSR count). The molecule has 3 aromatic rings. The molecule has 1 fully saturated rings. The molecular weight excluding hydrogens is 543 g/mol. The molecule has 3 aromatic carbocycles. The third kappa shape index (κ3) is 4.81. The Morgan fingerprint density at radius 2 is 1.75 bits per heavy atom. The molecule has 1 atom stereocenters. The number of benzene rings is 3. The van der Waals surface area contributed by atoms with E-state index in [0.717, 1.165) is 11.6 Å². The van der Waals surface area contributed by atoms with E-state index in [9.17, 15) is 26.4 Å². The van der Waals surface area contributed by atoms with Crippen LogP contribution in [0.1, 0.15) is 46.8 Å². The molecule has 2 aliphatic rings. The van der Waals surface area contributed by atoms with Crippen LogP contribution in [0, 0.1) is 0 Å². The third-order valence-corrected chi connectivity index (χ3v) is 9.96. The highest BCUT2D eigenvalue weighted by Crippen LogP contribution is 2.52. The number of nitrogens with zero attached hydrogens (tertiary/aromatic N) is 1. The second-order valence-electron chi connectivity index (χ2n) is 10.1. The second-order valence-corrected chi connectivity index (χ2v) is 11.9. The van der Waals surface area contributed by atoms with Gasteiger partial charge in [0.05, 0.1) is 29.3 Å². The zero-order valence-corrected chi connectivity index (χ0v) is 22.9. The molecule has 1 spiro atoms. The van der Waals surface area contributed by atoms with Gasteiger partial charge >= 0.3 is 6.18 Å². The standard InChI is InChI=1S/C29H30F3N3O4S/c1-19-28(13-15-33-16-14-28)25-17-20(27(36)34-18-21-5-3-4-6-24(21)29(30,31)32)7-12-26(25)35(19)40(37,38)23-10-8-22(39-2)9-11-23/h3-12,17,19,33H,13-16,18H2,1-2H3,(H,34,36). The molecule has 7 nitrogen and oxygen atoms in total. The summed E-state index contributed by atoms with van der Waals surface area (Å²) >= 11 is 0. The van der Waals surface area contributed by atoms with Crippen LogP contribution in [-0.4, -0.2) is 40.6 Å². The monoisotopic (exact) mass is 573 g/mol. The van der Waals surface area contributed by atoms with E-state index < -0.39 is 39.1 Å². The maximum atomic E-state index is 13.9. The van der Waals surface area contributed by atoms with Crippen LogP contribution in [0.25, 0.3) is 0 Å². The molecule has 1 unspecified atom stereocenters. The number of carbonyl (C=O) groups is 1. The maximum Gasteiger partial charge on any atom is 0.416 e. The van der Waals surface area contributed by atoms with Gasteiger partial charge in [0.25, 0.3) is 15.9 Å². The summed E-state index contributed by atoms with van der Waals surface area (Å²) in [6.45, 7) is 2.96. The average molecular weight is 574 g/mol. The fourth-order valence-corrected chi connectivity index (χ4v) is 7.66. The molecule has 0 radical (unpaired) electrons. The number of halogens is 3. The molecule has 0 aromatic heterocycles. The third-order valence-electron chi connectivity index (χ3n) is 8.06. The number of rotatable bonds is 6. The minimum Gasteiger partial charge on any atom is -0.497 e. The molecule has 2 N–H and O–H groups in total. The Balaban J connectivity index is 1.49. The molecule has 1 saturated heterocycles. The molecule has 0 bridgehead atoms. The van der Waals surface area contributed by atoms with Crippen LogP contribution in [0.5, 0.6) is 5.75 Å². The van der Waals surface area contributed by atoms with Crippen molar-refractivity contribution in [3.05, 3.63) is 89.0 Å². The van der Waals surface area contributed by atoms with E-state index in [0.29, 0.717) is 37.4 Å². The van der Waals surface area contributed by atoms with Crippen molar-refractivity contribution in [3.8, 4) is 5.75 Å². The van der Waals surface area contributed by atoms with Crippen LogP contribution in [0.4, 0.5) is 18.9 Å². The fraction of sp³-hybridized carbons (Fsp3) is 0.345. The summed E-state index contributed by atoms with van der Waals surface area (Å²) in [5.41, 5.74) is 0.151. The first kappa shape index (κ1) is 28.0. The topological polar surface area (TPSA) is 87.7 Å². The van der Waals surface area contributed by atoms with Gasteiger partial charge in [-0.3, -0.25) is 9.10 Å². The first-order valence-corrected chi connectivity index (χ1v) is 14.4. The Hall–Kier alpha value is -3.57. The van der Waals surface area contributed by atoms with Crippen LogP contribution < -0.4 is 19.7 Å². The normalized spacial score (nSPS) is 18.4. The van der Waals surface area contributed by atoms with Crippen molar-refractivity contribution < 1.29 is 31.1 Å². The van der Waals surface area contributed by atoms with Gasteiger partial charge in [-0.2, -0.15) is 13.2 Å². The van der Waals surface area contributed by atoms with Crippen LogP contribution in [0.3, 0.4) is 0 Å². The van der Waals surface area contributed by atoms with Gasteiger partial charge in [0.1, 0.15) is 5.75 Å². The second kappa shape index (κ2) is 10.4. The van der Waals surface area contributed by atoms with Gasteiger partial charge in [-0.1, -0.05) is 18.2 Å². The van der Waals surface area contributed by atoms with Crippen molar-refractivity contribution in [3.63, 3.8) is 0 Å². The smallest absolute Gasteiger partial charge is 0.416 e. The van der Waals surface area contributed by atoms with E-state index in [-0.39, 0.29) is 22.6 Å². The van der Waals surface area contributed by atoms with E-state index in [2.05, 4.69) is 10.6 Å². The molecule has 2 heterocycles. The Bertz CT molecular complexity index is 1520. The van der Waals surface area contributed by atoms with E-state index >= 15 is 0 Å². The largest absolute Gasteiger partial charge is 0.497 e. The summed E-state index contributed by atoms with van der Waals surface area (Å²) in [6.07, 6.45) is -3.20. The summed E-state index contributed by atoms with van der Waals surface area (Å²) in [6, 6.07) is 15.7. The molecule has 11 heteroatoms. The van der Waals surface area contributed by atoms with Crippen molar-refractivity contribution >= 4 is 21.6 Å². The van der Waals surface area contributed by atoms with E-state index in [1.54, 1.807) is 24.3 Å². The van der Waals surface area contributed by atoms with Crippen molar-refractivity contribution in [2.75, 3.05) is 24.5 Å². The summed E-state index contributed by atoms with van der Waals surface area (Å²) in [5.74, 6) is 0.00475. The number of ether oxygens (including phenoxy) is 1. The number of hydrogen-bond acceptors (Lipinski definition) is 5. The summed E-state index contributed by atoms with van der Waals surface area (Å²) in [4.78, 5) is 13.3. The van der Waals surface area contributed by atoms with Crippen LogP contribution >= 0.6 is 0 Å². The number of anilines is 1. The lowest BCUT2D eigenvalue weighted by Gasteiger charge is -2.40. The van der Waals surface area contributed by atoms with Crippen molar-refractivity contribution in [1.82, 2.24) is 10.6 Å². The molecule has 212 valence electrons. The number of alkyl halides is 3. The first-order valence-electron chi connectivity index (χ1n) is 13.0. The van der Waals surface area contributed by atoms with Gasteiger partial charge < -0.3 is 15.4 Å². The Kier molecular flexibility index (Phi) is 7.30. The first-order chi connectivity index (χ1) is 19.0. The van der Waals surface area contributed by atoms with Crippen LogP contribution in [0.2, 0.25) is 0 Å². The summed E-state index contributed by atoms with van der Waals surface area (Å²) in [5, 5.41) is 5.93. The zero-order chi connectivity index (χ0) is 28.7. The zero-order valence-electron chi connectivity index (χ0n) is 22.1. The Labute approximate surface area is 231 Å². The number of methoxy groups -OCH3 is 1. The molecule has 2 aliphatic heterocycles. The average Bonchev–Trinajstić information content (AvgIpc) is 3.18. The molecule has 0 saturated carbocycles. The number of sulfonamides is 1. The van der Waals surface area contributed by atoms with Gasteiger partial charge in [0, 0.05) is 17.5 Å². The number of piperidine rings is 1. The Morgan fingerprint density at radius 1 is 1.07 bits per heavy atom. The van der Waals surface area contributed by atoms with E-state index in [1.165, 1.54) is 47.8 Å². The number of amides is 1. The highest BCUT2D eigenvalue weighted by molar-refractivity contribution is 7.92. The lowest BCUT2D eigenvalue weighted by Crippen LogP contribution is -2.50. The highest BCUT2D eigenvalue weighted by atomic mass is 32.2. The predicted octanol–water partition coefficient (Wildman–Crippen LogP) is 4.86. The predicted molar refractivity (Wildman–Crippen MR) is 145 cm³/mol. The SMILES string of the molecule is COc1ccc(S(=O)(=O)N2c3ccc(C(=O)NCc4ccccc4C(F)(F)F)cc3C3(CCNCC3)C2C)cc1. The highest BCUT2D eigenvalue weighted by Gasteiger charge is 2.53. The van der Waals surface area contributed by atoms with Crippen LogP contribution in [-0.2, 0) is 28.2 Å². The number of fused-ring (bicyclic) bond motifs is 2. The van der Waals surface area contributed by atoms with Gasteiger partial charge in [-0.05, 0) is 92.5 Å². The van der Waals surface area contributed by atoms with E-state index in [4.69, 9.17) is 4.74 Å². The maximum absolute atomic E-state index is 13.9. The lowest BCUT2D eigenvalue weighted by molar-refractivity contribution is -0.138. The van der Waals surface area contributed by atoms with Gasteiger partial charge in [-0.15, -0.1) is 0 Å². The van der Waals surface area contributed by atoms with Crippen molar-refractivity contribution in [1.29, 1.82) is 0 Å². The van der Waals surface area contributed by atoms with E-state index in [1.807, 2.05) is 6.92 Å². The minimum atomic E-state index is -4.54. The molecule has 40 heavy (non-hydrogen) atoms. The van der Waals surface area contributed by atoms with Gasteiger partial charge in [-0.25, -0.2) is 8.42 Å². The Morgan fingerprint density at radius 3 is 2.40 bits per heavy atom. The molecule has 1 amide bonds. The van der Waals surface area contributed by atoms with Gasteiger partial charge in [0.15, 0.2) is 0 Å². The quantitative estimate of drug-likeness (QED) is 0.440. The molecular formula is C29H30F3N3O4S. The van der Waals surface area contributed by atoms with Crippen molar-refractivity contribution in [2.24, 2.45) is 0 Å². The minimum absolute atomic E-state index is 0.0373. The fourth-order valence-electron chi connectivity index (χ4n) is 5.91. The summed E-state index contributed by atoms with van der Waals surface area (Å²) < 4.78 is 74.7. The van der Waals surface area contributed by atoms with Crippen LogP contribution in [0.15, 0.2) is 71.6 Å². The lowest BCUT2D eigenvalue weighted by atomic mass is 9.70. The van der Waals surface area contributed by atoms with Crippen molar-refractivity contribution in [2.45, 2.75) is 48.8 Å². The molecule has 0 aliphatic carbocycles. The number of hydrogen-bond donors (Lipinski definition) is 2. The summed E-state index contributed by atoms with van der Waals surface area (Å²) in [7, 11) is -2.44.